The van der Waals surface area contributed by atoms with Crippen LogP contribution in [-0.2, 0) is 0 Å². The summed E-state index contributed by atoms with van der Waals surface area (Å²) in [5.41, 5.74) is 0.653. The molecule has 0 unspecified atom stereocenters. The Hall–Kier alpha value is -2.72. The van der Waals surface area contributed by atoms with E-state index in [9.17, 15) is 0 Å². The molecule has 0 N–H and O–H groups in total. The second-order valence-corrected chi connectivity index (χ2v) is 2.97. The van der Waals surface area contributed by atoms with Crippen molar-refractivity contribution in [3.63, 3.8) is 0 Å². The zero-order valence-electron chi connectivity index (χ0n) is 8.21. The predicted octanol–water partition coefficient (Wildman–Crippen LogP) is 1.87. The van der Waals surface area contributed by atoms with Gasteiger partial charge in [0, 0.05) is 12.3 Å². The Morgan fingerprint density at radius 3 is 2.38 bits per heavy atom. The maximum Gasteiger partial charge on any atom is 0.191 e. The second kappa shape index (κ2) is 4.20. The molecule has 2 aromatic rings. The minimum Gasteiger partial charge on any atom is -0.373 e. The van der Waals surface area contributed by atoms with Crippen LogP contribution in [0.3, 0.4) is 0 Å². The van der Waals surface area contributed by atoms with Crippen LogP contribution in [-0.4, -0.2) is 4.73 Å². The third-order valence-corrected chi connectivity index (χ3v) is 1.97. The lowest BCUT2D eigenvalue weighted by Crippen LogP contribution is -2.04. The van der Waals surface area contributed by atoms with Gasteiger partial charge in [-0.25, -0.2) is 0 Å². The lowest BCUT2D eigenvalue weighted by atomic mass is 10.1. The van der Waals surface area contributed by atoms with Gasteiger partial charge in [0.2, 0.25) is 0 Å². The molecular formula is C12H6N3O. The zero-order chi connectivity index (χ0) is 11.4. The SMILES string of the molecule is N#Cc1cccc(C#N)c1On1c[c]cc1. The van der Waals surface area contributed by atoms with E-state index in [1.165, 1.54) is 4.73 Å². The fourth-order valence-electron chi connectivity index (χ4n) is 1.25. The Morgan fingerprint density at radius 1 is 1.19 bits per heavy atom. The van der Waals surface area contributed by atoms with Crippen molar-refractivity contribution >= 4 is 0 Å². The van der Waals surface area contributed by atoms with Crippen LogP contribution in [0.2, 0.25) is 0 Å². The molecule has 4 nitrogen and oxygen atoms in total. The highest BCUT2D eigenvalue weighted by Crippen LogP contribution is 2.23. The van der Waals surface area contributed by atoms with Crippen molar-refractivity contribution in [3.05, 3.63) is 53.9 Å². The summed E-state index contributed by atoms with van der Waals surface area (Å²) in [6.07, 6.45) is 3.20. The Bertz CT molecular complexity index is 541. The predicted molar refractivity (Wildman–Crippen MR) is 55.2 cm³/mol. The summed E-state index contributed by atoms with van der Waals surface area (Å²) in [5.74, 6) is 0.261. The Kier molecular flexibility index (Phi) is 2.58. The highest BCUT2D eigenvalue weighted by molar-refractivity contribution is 5.53. The number of hydrogen-bond donors (Lipinski definition) is 0. The molecule has 1 aromatic carbocycles. The van der Waals surface area contributed by atoms with Gasteiger partial charge in [-0.3, -0.25) is 0 Å². The normalized spacial score (nSPS) is 9.12. The van der Waals surface area contributed by atoms with Gasteiger partial charge in [-0.2, -0.15) is 15.3 Å². The second-order valence-electron chi connectivity index (χ2n) is 2.97. The summed E-state index contributed by atoms with van der Waals surface area (Å²) >= 11 is 0. The van der Waals surface area contributed by atoms with Gasteiger partial charge in [-0.05, 0) is 18.2 Å². The maximum atomic E-state index is 8.91. The maximum absolute atomic E-state index is 8.91. The average molecular weight is 208 g/mol. The third kappa shape index (κ3) is 1.73. The largest absolute Gasteiger partial charge is 0.373 e. The third-order valence-electron chi connectivity index (χ3n) is 1.97. The molecule has 0 atom stereocenters. The topological polar surface area (TPSA) is 61.7 Å². The van der Waals surface area contributed by atoms with Crippen molar-refractivity contribution in [2.75, 3.05) is 0 Å². The highest BCUT2D eigenvalue weighted by atomic mass is 16.7. The fraction of sp³-hybridized carbons (Fsp3) is 0. The summed E-state index contributed by atoms with van der Waals surface area (Å²) in [7, 11) is 0. The monoisotopic (exact) mass is 208 g/mol. The molecule has 0 spiro atoms. The van der Waals surface area contributed by atoms with Crippen LogP contribution < -0.4 is 4.84 Å². The molecule has 75 valence electrons. The molecule has 0 saturated carbocycles. The molecule has 0 saturated heterocycles. The molecule has 0 amide bonds. The van der Waals surface area contributed by atoms with E-state index in [1.807, 2.05) is 12.1 Å². The van der Waals surface area contributed by atoms with Gasteiger partial charge in [0.15, 0.2) is 5.75 Å². The smallest absolute Gasteiger partial charge is 0.191 e. The van der Waals surface area contributed by atoms with Crippen LogP contribution in [0.25, 0.3) is 0 Å². The number of nitriles is 2. The first-order valence-electron chi connectivity index (χ1n) is 4.51. The van der Waals surface area contributed by atoms with Gasteiger partial charge in [0.1, 0.15) is 12.1 Å². The summed E-state index contributed by atoms with van der Waals surface area (Å²) in [6, 6.07) is 13.3. The molecule has 0 fully saturated rings. The summed E-state index contributed by atoms with van der Waals surface area (Å²) < 4.78 is 1.39. The lowest BCUT2D eigenvalue weighted by molar-refractivity contribution is 0.215. The average Bonchev–Trinajstić information content (AvgIpc) is 2.82. The number of para-hydroxylation sites is 1. The zero-order valence-corrected chi connectivity index (χ0v) is 8.21. The Labute approximate surface area is 92.5 Å². The van der Waals surface area contributed by atoms with Crippen molar-refractivity contribution in [1.29, 1.82) is 10.5 Å². The molecular weight excluding hydrogens is 202 g/mol. The van der Waals surface area contributed by atoms with Crippen LogP contribution in [0.4, 0.5) is 0 Å². The van der Waals surface area contributed by atoms with Crippen LogP contribution in [0.5, 0.6) is 5.75 Å². The molecule has 1 radical (unpaired) electrons. The van der Waals surface area contributed by atoms with E-state index < -0.39 is 0 Å². The van der Waals surface area contributed by atoms with Crippen LogP contribution in [0, 0.1) is 28.7 Å². The molecule has 0 aliphatic heterocycles. The summed E-state index contributed by atoms with van der Waals surface area (Å²) in [6.45, 7) is 0. The quantitative estimate of drug-likeness (QED) is 0.756. The Balaban J connectivity index is 2.47. The van der Waals surface area contributed by atoms with Crippen LogP contribution in [0.15, 0.2) is 36.7 Å². The Morgan fingerprint density at radius 2 is 1.88 bits per heavy atom. The first kappa shape index (κ1) is 9.82. The van der Waals surface area contributed by atoms with Crippen LogP contribution >= 0.6 is 0 Å². The fourth-order valence-corrected chi connectivity index (χ4v) is 1.25. The number of nitrogens with zero attached hydrogens (tertiary/aromatic N) is 3. The summed E-state index contributed by atoms with van der Waals surface area (Å²) in [5, 5.41) is 17.8. The van der Waals surface area contributed by atoms with Gasteiger partial charge in [-0.1, -0.05) is 6.07 Å². The van der Waals surface area contributed by atoms with E-state index in [0.29, 0.717) is 11.1 Å². The number of hydrogen-bond acceptors (Lipinski definition) is 3. The van der Waals surface area contributed by atoms with E-state index in [0.717, 1.165) is 0 Å². The molecule has 1 aromatic heterocycles. The standard InChI is InChI=1S/C12H6N3O/c13-8-10-4-3-5-11(9-14)12(10)16-15-6-1-2-7-15/h1,3-7H. The van der Waals surface area contributed by atoms with Gasteiger partial charge < -0.3 is 4.84 Å². The van der Waals surface area contributed by atoms with Gasteiger partial charge in [0.05, 0.1) is 17.3 Å². The molecule has 1 heterocycles. The molecule has 0 bridgehead atoms. The van der Waals surface area contributed by atoms with Crippen molar-refractivity contribution in [2.45, 2.75) is 0 Å². The van der Waals surface area contributed by atoms with Gasteiger partial charge >= 0.3 is 0 Å². The van der Waals surface area contributed by atoms with Crippen molar-refractivity contribution in [1.82, 2.24) is 4.73 Å². The molecule has 2 rings (SSSR count). The number of benzene rings is 1. The van der Waals surface area contributed by atoms with Gasteiger partial charge in [0.25, 0.3) is 0 Å². The van der Waals surface area contributed by atoms with E-state index in [2.05, 4.69) is 6.07 Å². The first-order chi connectivity index (χ1) is 7.85. The summed E-state index contributed by atoms with van der Waals surface area (Å²) in [4.78, 5) is 5.40. The van der Waals surface area contributed by atoms with Crippen molar-refractivity contribution in [3.8, 4) is 17.9 Å². The van der Waals surface area contributed by atoms with E-state index >= 15 is 0 Å². The minimum absolute atomic E-state index is 0.261. The van der Waals surface area contributed by atoms with Crippen LogP contribution in [0.1, 0.15) is 11.1 Å². The molecule has 0 aliphatic rings. The highest BCUT2D eigenvalue weighted by Gasteiger charge is 2.10. The van der Waals surface area contributed by atoms with E-state index in [-0.39, 0.29) is 5.75 Å². The molecule has 16 heavy (non-hydrogen) atoms. The number of rotatable bonds is 2. The first-order valence-corrected chi connectivity index (χ1v) is 4.51. The van der Waals surface area contributed by atoms with E-state index in [4.69, 9.17) is 15.4 Å². The molecule has 0 aliphatic carbocycles. The number of aromatic nitrogens is 1. The van der Waals surface area contributed by atoms with Gasteiger partial charge in [-0.15, -0.1) is 0 Å². The lowest BCUT2D eigenvalue weighted by Gasteiger charge is -2.08. The van der Waals surface area contributed by atoms with Crippen molar-refractivity contribution < 1.29 is 4.84 Å². The van der Waals surface area contributed by atoms with Crippen molar-refractivity contribution in [2.24, 2.45) is 0 Å². The minimum atomic E-state index is 0.261. The van der Waals surface area contributed by atoms with E-state index in [1.54, 1.807) is 36.7 Å². The molecule has 4 heteroatoms.